The number of hydrogen-bond donors (Lipinski definition) is 0. The number of aryl methyl sites for hydroxylation is 1. The lowest BCUT2D eigenvalue weighted by Gasteiger charge is -2.08. The smallest absolute Gasteiger partial charge is 0.321 e. The molecular weight excluding hydrogens is 486 g/mol. The van der Waals surface area contributed by atoms with Crippen molar-refractivity contribution in [2.75, 3.05) is 5.75 Å². The third kappa shape index (κ3) is 5.94. The number of esters is 1. The minimum atomic E-state index is -3.75. The number of rotatable bonds is 9. The highest BCUT2D eigenvalue weighted by Gasteiger charge is 2.43. The summed E-state index contributed by atoms with van der Waals surface area (Å²) < 4.78 is 30.0. The van der Waals surface area contributed by atoms with E-state index in [0.717, 1.165) is 39.4 Å². The first-order valence-electron chi connectivity index (χ1n) is 12.2. The van der Waals surface area contributed by atoms with Crippen LogP contribution in [-0.2, 0) is 37.2 Å². The van der Waals surface area contributed by atoms with Gasteiger partial charge in [-0.1, -0.05) is 60.2 Å². The molecule has 0 N–H and O–H groups in total. The second-order valence-corrected chi connectivity index (χ2v) is 11.6. The molecule has 0 bridgehead atoms. The first-order chi connectivity index (χ1) is 17.8. The number of hydrogen-bond acceptors (Lipinski definition) is 6. The number of sulfone groups is 1. The second-order valence-electron chi connectivity index (χ2n) is 9.62. The number of aromatic nitrogens is 1. The summed E-state index contributed by atoms with van der Waals surface area (Å²) >= 11 is 0. The summed E-state index contributed by atoms with van der Waals surface area (Å²) in [5.41, 5.74) is 3.80. The summed E-state index contributed by atoms with van der Waals surface area (Å²) in [5.74, 6) is -1.03. The van der Waals surface area contributed by atoms with Crippen molar-refractivity contribution in [1.29, 1.82) is 0 Å². The van der Waals surface area contributed by atoms with Crippen molar-refractivity contribution in [2.45, 2.75) is 37.2 Å². The zero-order valence-electron chi connectivity index (χ0n) is 20.5. The van der Waals surface area contributed by atoms with Crippen LogP contribution in [0.4, 0.5) is 0 Å². The van der Waals surface area contributed by atoms with Gasteiger partial charge in [-0.05, 0) is 59.5 Å². The Bertz CT molecular complexity index is 1560. The van der Waals surface area contributed by atoms with Gasteiger partial charge in [0.05, 0.1) is 4.90 Å². The quantitative estimate of drug-likeness (QED) is 0.293. The average molecular weight is 514 g/mol. The molecule has 3 aromatic carbocycles. The molecule has 6 nitrogen and oxygen atoms in total. The number of benzene rings is 3. The van der Waals surface area contributed by atoms with Crippen LogP contribution in [0.1, 0.15) is 34.6 Å². The summed E-state index contributed by atoms with van der Waals surface area (Å²) in [5, 5.41) is 2.14. The molecule has 5 rings (SSSR count). The van der Waals surface area contributed by atoms with Gasteiger partial charge in [0.25, 0.3) is 0 Å². The van der Waals surface area contributed by atoms with E-state index in [2.05, 4.69) is 11.1 Å². The minimum Gasteiger partial charge on any atom is -0.460 e. The lowest BCUT2D eigenvalue weighted by atomic mass is 10.0. The highest BCUT2D eigenvalue weighted by atomic mass is 32.2. The molecule has 4 aromatic rings. The Morgan fingerprint density at radius 3 is 2.41 bits per heavy atom. The fourth-order valence-electron chi connectivity index (χ4n) is 4.54. The molecule has 0 aliphatic heterocycles. The number of pyridine rings is 1. The molecule has 0 spiro atoms. The molecule has 1 aliphatic rings. The Hall–Kier alpha value is -3.84. The molecule has 1 saturated carbocycles. The van der Waals surface area contributed by atoms with Gasteiger partial charge in [-0.2, -0.15) is 0 Å². The summed E-state index contributed by atoms with van der Waals surface area (Å²) in [6.45, 7) is 1.86. The molecule has 1 aromatic heterocycles. The number of carbonyl (C=O) groups is 2. The lowest BCUT2D eigenvalue weighted by molar-refractivity contribution is -0.141. The van der Waals surface area contributed by atoms with Crippen molar-refractivity contribution in [1.82, 2.24) is 4.98 Å². The van der Waals surface area contributed by atoms with Gasteiger partial charge in [0.1, 0.15) is 12.4 Å². The molecule has 0 radical (unpaired) electrons. The Kier molecular flexibility index (Phi) is 6.89. The Labute approximate surface area is 216 Å². The van der Waals surface area contributed by atoms with Gasteiger partial charge >= 0.3 is 5.97 Å². The summed E-state index contributed by atoms with van der Waals surface area (Å²) in [7, 11) is -3.75. The van der Waals surface area contributed by atoms with Crippen molar-refractivity contribution in [2.24, 2.45) is 5.92 Å². The van der Waals surface area contributed by atoms with E-state index >= 15 is 0 Å². The number of Topliss-reactive ketones (excluding diaryl/α,β-unsaturated/α-hetero) is 1. The third-order valence-electron chi connectivity index (χ3n) is 6.78. The maximum atomic E-state index is 12.9. The summed E-state index contributed by atoms with van der Waals surface area (Å²) in [6, 6.07) is 22.0. The Morgan fingerprint density at radius 1 is 0.919 bits per heavy atom. The molecule has 0 saturated heterocycles. The highest BCUT2D eigenvalue weighted by Crippen LogP contribution is 2.48. The normalized spacial score (nSPS) is 16.9. The van der Waals surface area contributed by atoms with Crippen LogP contribution in [0.3, 0.4) is 0 Å². The standard InChI is InChI=1S/C30H27NO5S/c1-20-2-10-26(11-3-20)37(34,35)19-30(33)36-18-21-4-7-23(8-5-21)27-16-28(27)29(32)15-22-6-9-25-17-31-13-12-24(25)14-22/h2-14,17,27-28H,15-16,18-19H2,1H3/t27-,28+/m0/s1. The molecule has 1 heterocycles. The van der Waals surface area contributed by atoms with Crippen LogP contribution in [0, 0.1) is 12.8 Å². The van der Waals surface area contributed by atoms with E-state index < -0.39 is 21.6 Å². The van der Waals surface area contributed by atoms with Gasteiger partial charge < -0.3 is 4.74 Å². The van der Waals surface area contributed by atoms with Crippen LogP contribution in [0.15, 0.2) is 90.1 Å². The van der Waals surface area contributed by atoms with Crippen molar-refractivity contribution in [3.63, 3.8) is 0 Å². The summed E-state index contributed by atoms with van der Waals surface area (Å²) in [4.78, 5) is 29.2. The fraction of sp³-hybridized carbons (Fsp3) is 0.233. The first-order valence-corrected chi connectivity index (χ1v) is 13.8. The van der Waals surface area contributed by atoms with Gasteiger partial charge in [0.2, 0.25) is 0 Å². The number of nitrogens with zero attached hydrogens (tertiary/aromatic N) is 1. The third-order valence-corrected chi connectivity index (χ3v) is 8.39. The van der Waals surface area contributed by atoms with Crippen LogP contribution >= 0.6 is 0 Å². The number of carbonyl (C=O) groups excluding carboxylic acids is 2. The Balaban J connectivity index is 1.12. The predicted octanol–water partition coefficient (Wildman–Crippen LogP) is 4.98. The zero-order valence-corrected chi connectivity index (χ0v) is 21.3. The molecule has 7 heteroatoms. The van der Waals surface area contributed by atoms with Crippen LogP contribution < -0.4 is 0 Å². The average Bonchev–Trinajstić information content (AvgIpc) is 3.69. The van der Waals surface area contributed by atoms with Crippen molar-refractivity contribution in [3.05, 3.63) is 107 Å². The molecule has 0 amide bonds. The molecule has 1 aliphatic carbocycles. The number of ketones is 1. The van der Waals surface area contributed by atoms with Crippen LogP contribution in [0.5, 0.6) is 0 Å². The van der Waals surface area contributed by atoms with Crippen LogP contribution in [-0.4, -0.2) is 30.9 Å². The monoisotopic (exact) mass is 513 g/mol. The van der Waals surface area contributed by atoms with Crippen molar-refractivity contribution in [3.8, 4) is 0 Å². The number of fused-ring (bicyclic) bond motifs is 1. The SMILES string of the molecule is Cc1ccc(S(=O)(=O)CC(=O)OCc2ccc([C@@H]3C[C@H]3C(=O)Cc3ccc4cnccc4c3)cc2)cc1. The van der Waals surface area contributed by atoms with Gasteiger partial charge in [0, 0.05) is 30.1 Å². The highest BCUT2D eigenvalue weighted by molar-refractivity contribution is 7.92. The van der Waals surface area contributed by atoms with Gasteiger partial charge in [-0.25, -0.2) is 8.42 Å². The molecule has 1 fully saturated rings. The first kappa shape index (κ1) is 24.8. The van der Waals surface area contributed by atoms with Crippen LogP contribution in [0.2, 0.25) is 0 Å². The molecule has 2 atom stereocenters. The van der Waals surface area contributed by atoms with Gasteiger partial charge in [0.15, 0.2) is 15.6 Å². The topological polar surface area (TPSA) is 90.4 Å². The molecular formula is C30H27NO5S. The second kappa shape index (κ2) is 10.3. The lowest BCUT2D eigenvalue weighted by Crippen LogP contribution is -2.18. The van der Waals surface area contributed by atoms with E-state index in [-0.39, 0.29) is 29.1 Å². The van der Waals surface area contributed by atoms with Gasteiger partial charge in [-0.15, -0.1) is 0 Å². The Morgan fingerprint density at radius 2 is 1.65 bits per heavy atom. The maximum Gasteiger partial charge on any atom is 0.321 e. The summed E-state index contributed by atoms with van der Waals surface area (Å²) in [6.07, 6.45) is 4.82. The van der Waals surface area contributed by atoms with E-state index in [0.29, 0.717) is 6.42 Å². The fourth-order valence-corrected chi connectivity index (χ4v) is 5.66. The predicted molar refractivity (Wildman–Crippen MR) is 141 cm³/mol. The van der Waals surface area contributed by atoms with Gasteiger partial charge in [-0.3, -0.25) is 14.6 Å². The van der Waals surface area contributed by atoms with Crippen molar-refractivity contribution >= 4 is 32.4 Å². The number of ether oxygens (including phenoxy) is 1. The molecule has 37 heavy (non-hydrogen) atoms. The van der Waals surface area contributed by atoms with E-state index in [1.807, 2.05) is 55.6 Å². The largest absolute Gasteiger partial charge is 0.460 e. The molecule has 188 valence electrons. The van der Waals surface area contributed by atoms with E-state index in [1.54, 1.807) is 18.3 Å². The zero-order chi connectivity index (χ0) is 26.0. The van der Waals surface area contributed by atoms with E-state index in [1.165, 1.54) is 12.1 Å². The van der Waals surface area contributed by atoms with E-state index in [4.69, 9.17) is 4.74 Å². The molecule has 0 unspecified atom stereocenters. The van der Waals surface area contributed by atoms with Crippen LogP contribution in [0.25, 0.3) is 10.8 Å². The van der Waals surface area contributed by atoms with Crippen molar-refractivity contribution < 1.29 is 22.7 Å². The minimum absolute atomic E-state index is 0.00690. The maximum absolute atomic E-state index is 12.9. The van der Waals surface area contributed by atoms with E-state index in [9.17, 15) is 18.0 Å².